The molecule has 8 nitrogen and oxygen atoms in total. The van der Waals surface area contributed by atoms with E-state index in [9.17, 15) is 14.9 Å². The molecule has 3 fully saturated rings. The molecule has 2 aromatic carbocycles. The van der Waals surface area contributed by atoms with Crippen molar-refractivity contribution < 1.29 is 14.5 Å². The fourth-order valence-electron chi connectivity index (χ4n) is 8.23. The number of hydrogen-bond acceptors (Lipinski definition) is 5. The Bertz CT molecular complexity index is 1420. The number of carbonyl (C=O) groups is 1. The molecular weight excluding hydrogens is 456 g/mol. The van der Waals surface area contributed by atoms with Gasteiger partial charge in [-0.1, -0.05) is 31.0 Å². The van der Waals surface area contributed by atoms with Crippen LogP contribution in [0, 0.1) is 16.0 Å². The summed E-state index contributed by atoms with van der Waals surface area (Å²) in [4.78, 5) is 29.5. The summed E-state index contributed by atoms with van der Waals surface area (Å²) in [5, 5.41) is 17.1. The third-order valence-electron chi connectivity index (χ3n) is 9.46. The number of rotatable bonds is 3. The van der Waals surface area contributed by atoms with E-state index in [-0.39, 0.29) is 22.9 Å². The zero-order valence-corrected chi connectivity index (χ0v) is 20.5. The molecule has 4 heterocycles. The van der Waals surface area contributed by atoms with E-state index in [0.717, 1.165) is 59.8 Å². The fraction of sp³-hybridized carbons (Fsp3) is 0.464. The lowest BCUT2D eigenvalue weighted by atomic mass is 9.71. The number of hydrogen-bond donors (Lipinski definition) is 1. The number of nitrogens with one attached hydrogen (secondary N) is 1. The second-order valence-corrected chi connectivity index (χ2v) is 10.9. The van der Waals surface area contributed by atoms with Crippen LogP contribution in [-0.4, -0.2) is 45.5 Å². The monoisotopic (exact) mass is 486 g/mol. The third kappa shape index (κ3) is 2.60. The number of carbonyl (C=O) groups excluding carboxylic acids is 1. The van der Waals surface area contributed by atoms with Crippen LogP contribution in [0.1, 0.15) is 49.1 Å². The second kappa shape index (κ2) is 7.56. The summed E-state index contributed by atoms with van der Waals surface area (Å²) >= 11 is 0. The smallest absolute Gasteiger partial charge is 0.250 e. The number of methoxy groups -OCH3 is 1. The average molecular weight is 487 g/mol. The first-order valence-corrected chi connectivity index (χ1v) is 12.9. The van der Waals surface area contributed by atoms with Gasteiger partial charge in [0.05, 0.1) is 19.1 Å². The van der Waals surface area contributed by atoms with Gasteiger partial charge in [-0.3, -0.25) is 19.8 Å². The van der Waals surface area contributed by atoms with Crippen LogP contribution in [0.3, 0.4) is 0 Å². The minimum Gasteiger partial charge on any atom is -0.497 e. The number of aryl methyl sites for hydroxylation is 1. The number of benzene rings is 2. The third-order valence-corrected chi connectivity index (χ3v) is 9.46. The number of anilines is 1. The predicted molar refractivity (Wildman–Crippen MR) is 136 cm³/mol. The molecule has 7 rings (SSSR count). The Hall–Kier alpha value is -3.39. The zero-order chi connectivity index (χ0) is 24.8. The highest BCUT2D eigenvalue weighted by Crippen LogP contribution is 2.64. The molecule has 1 spiro atoms. The van der Waals surface area contributed by atoms with Crippen LogP contribution in [0.25, 0.3) is 10.9 Å². The van der Waals surface area contributed by atoms with Crippen molar-refractivity contribution in [2.75, 3.05) is 12.4 Å². The number of para-hydroxylation sites is 1. The number of aromatic nitrogens is 1. The molecule has 6 atom stereocenters. The van der Waals surface area contributed by atoms with Crippen LogP contribution in [0.4, 0.5) is 5.69 Å². The molecule has 186 valence electrons. The van der Waals surface area contributed by atoms with Gasteiger partial charge in [0.1, 0.15) is 11.3 Å². The molecule has 1 amide bonds. The van der Waals surface area contributed by atoms with Crippen molar-refractivity contribution in [3.8, 4) is 5.75 Å². The van der Waals surface area contributed by atoms with Gasteiger partial charge in [0.25, 0.3) is 5.91 Å². The molecule has 36 heavy (non-hydrogen) atoms. The van der Waals surface area contributed by atoms with Gasteiger partial charge in [-0.25, -0.2) is 0 Å². The largest absolute Gasteiger partial charge is 0.497 e. The van der Waals surface area contributed by atoms with Crippen molar-refractivity contribution in [2.24, 2.45) is 13.0 Å². The summed E-state index contributed by atoms with van der Waals surface area (Å²) in [5.74, 6) is 0.268. The molecule has 0 unspecified atom stereocenters. The topological polar surface area (TPSA) is 89.6 Å². The Morgan fingerprint density at radius 1 is 1.14 bits per heavy atom. The molecule has 3 aliphatic heterocycles. The number of nitrogens with zero attached hydrogens (tertiary/aromatic N) is 3. The Labute approximate surface area is 209 Å². The number of amides is 1. The first-order valence-electron chi connectivity index (χ1n) is 12.9. The Balaban J connectivity index is 1.56. The highest BCUT2D eigenvalue weighted by atomic mass is 16.6. The first kappa shape index (κ1) is 21.9. The Kier molecular flexibility index (Phi) is 4.59. The second-order valence-electron chi connectivity index (χ2n) is 10.9. The molecule has 1 N–H and O–H groups in total. The van der Waals surface area contributed by atoms with Gasteiger partial charge in [-0.05, 0) is 55.0 Å². The van der Waals surface area contributed by atoms with Crippen LogP contribution < -0.4 is 10.1 Å². The summed E-state index contributed by atoms with van der Waals surface area (Å²) in [5.41, 5.74) is 2.27. The highest BCUT2D eigenvalue weighted by Gasteiger charge is 2.74. The maximum Gasteiger partial charge on any atom is 0.250 e. The van der Waals surface area contributed by atoms with Gasteiger partial charge in [-0.15, -0.1) is 0 Å². The Morgan fingerprint density at radius 2 is 1.94 bits per heavy atom. The SMILES string of the molecule is COc1ccc2c(c1)[C@]1(C(=O)N2)[C@@H](c2cn(C)c3ccccc23)[C@H]([N+](=O)[O-])[C@@H]2C[C@H]3CCCC[C@H]3N21. The van der Waals surface area contributed by atoms with E-state index in [0.29, 0.717) is 11.7 Å². The lowest BCUT2D eigenvalue weighted by molar-refractivity contribution is -0.527. The summed E-state index contributed by atoms with van der Waals surface area (Å²) in [6.45, 7) is 0. The van der Waals surface area contributed by atoms with Crippen molar-refractivity contribution in [3.05, 3.63) is 69.9 Å². The minimum absolute atomic E-state index is 0.0956. The van der Waals surface area contributed by atoms with Crippen LogP contribution >= 0.6 is 0 Å². The van der Waals surface area contributed by atoms with Gasteiger partial charge >= 0.3 is 0 Å². The van der Waals surface area contributed by atoms with Crippen molar-refractivity contribution in [1.82, 2.24) is 9.47 Å². The number of ether oxygens (including phenoxy) is 1. The first-order chi connectivity index (χ1) is 17.5. The van der Waals surface area contributed by atoms with Crippen molar-refractivity contribution >= 4 is 22.5 Å². The van der Waals surface area contributed by atoms with Crippen LogP contribution in [0.2, 0.25) is 0 Å². The molecule has 0 radical (unpaired) electrons. The van der Waals surface area contributed by atoms with E-state index < -0.39 is 17.5 Å². The molecular formula is C28H30N4O4. The maximum atomic E-state index is 14.3. The van der Waals surface area contributed by atoms with Crippen molar-refractivity contribution in [3.63, 3.8) is 0 Å². The molecule has 1 saturated carbocycles. The summed E-state index contributed by atoms with van der Waals surface area (Å²) < 4.78 is 7.62. The molecule has 4 aliphatic rings. The van der Waals surface area contributed by atoms with E-state index in [1.54, 1.807) is 7.11 Å². The zero-order valence-electron chi connectivity index (χ0n) is 20.5. The van der Waals surface area contributed by atoms with Crippen LogP contribution in [0.5, 0.6) is 5.75 Å². The van der Waals surface area contributed by atoms with Gasteiger partial charge in [-0.2, -0.15) is 0 Å². The summed E-state index contributed by atoms with van der Waals surface area (Å²) in [6.07, 6.45) is 7.08. The standard InChI is InChI=1S/C28H30N4O4/c1-30-15-19(18-8-4-6-10-23(18)30)25-26(32(34)35)24-13-16-7-3-5-9-22(16)31(24)28(25)20-14-17(36-2)11-12-21(20)29-27(28)33/h4,6,8,10-12,14-16,22,24-26H,3,5,7,9,13H2,1-2H3,(H,29,33)/t16-,22-,24+,25+,26-,28-/m1/s1. The van der Waals surface area contributed by atoms with E-state index in [1.807, 2.05) is 60.3 Å². The van der Waals surface area contributed by atoms with E-state index in [1.165, 1.54) is 0 Å². The quantitative estimate of drug-likeness (QED) is 0.438. The Morgan fingerprint density at radius 3 is 2.75 bits per heavy atom. The van der Waals surface area contributed by atoms with Crippen molar-refractivity contribution in [2.45, 2.75) is 61.7 Å². The lowest BCUT2D eigenvalue weighted by Gasteiger charge is -2.42. The molecule has 1 aliphatic carbocycles. The normalized spacial score (nSPS) is 32.9. The van der Waals surface area contributed by atoms with Gasteiger partial charge in [0.2, 0.25) is 6.04 Å². The van der Waals surface area contributed by atoms with E-state index in [2.05, 4.69) is 10.2 Å². The molecule has 2 saturated heterocycles. The molecule has 8 heteroatoms. The summed E-state index contributed by atoms with van der Waals surface area (Å²) in [7, 11) is 3.59. The molecule has 3 aromatic rings. The molecule has 1 aromatic heterocycles. The van der Waals surface area contributed by atoms with Gasteiger partial charge in [0, 0.05) is 46.4 Å². The lowest BCUT2D eigenvalue weighted by Crippen LogP contribution is -2.54. The average Bonchev–Trinajstić information content (AvgIpc) is 3.58. The van der Waals surface area contributed by atoms with Gasteiger partial charge < -0.3 is 14.6 Å². The fourth-order valence-corrected chi connectivity index (χ4v) is 8.23. The maximum absolute atomic E-state index is 14.3. The molecule has 0 bridgehead atoms. The van der Waals surface area contributed by atoms with E-state index >= 15 is 0 Å². The minimum atomic E-state index is -1.16. The van der Waals surface area contributed by atoms with Gasteiger partial charge in [0.15, 0.2) is 0 Å². The van der Waals surface area contributed by atoms with Crippen LogP contribution in [0.15, 0.2) is 48.7 Å². The van der Waals surface area contributed by atoms with Crippen LogP contribution in [-0.2, 0) is 17.4 Å². The summed E-state index contributed by atoms with van der Waals surface area (Å²) in [6, 6.07) is 12.7. The number of nitro groups is 1. The van der Waals surface area contributed by atoms with E-state index in [4.69, 9.17) is 4.74 Å². The predicted octanol–water partition coefficient (Wildman–Crippen LogP) is 4.41. The number of fused-ring (bicyclic) bond motifs is 7. The van der Waals surface area contributed by atoms with Crippen molar-refractivity contribution in [1.29, 1.82) is 0 Å². The highest BCUT2D eigenvalue weighted by molar-refractivity contribution is 6.08.